The van der Waals surface area contributed by atoms with Crippen LogP contribution in [0.5, 0.6) is 5.75 Å². The van der Waals surface area contributed by atoms with Gasteiger partial charge in [-0.25, -0.2) is 0 Å². The van der Waals surface area contributed by atoms with Crippen molar-refractivity contribution in [3.63, 3.8) is 0 Å². The fourth-order valence-electron chi connectivity index (χ4n) is 2.07. The SMILES string of the molecule is O=P(O)(O)COc1cc(Br)cc2c1CCCC2. The quantitative estimate of drug-likeness (QED) is 0.840. The summed E-state index contributed by atoms with van der Waals surface area (Å²) in [5, 5.41) is 0. The van der Waals surface area contributed by atoms with Crippen LogP contribution in [0, 0.1) is 0 Å². The Balaban J connectivity index is 2.26. The van der Waals surface area contributed by atoms with E-state index >= 15 is 0 Å². The van der Waals surface area contributed by atoms with Gasteiger partial charge in [0.25, 0.3) is 0 Å². The van der Waals surface area contributed by atoms with Gasteiger partial charge in [-0.2, -0.15) is 0 Å². The molecule has 0 aliphatic heterocycles. The van der Waals surface area contributed by atoms with E-state index in [-0.39, 0.29) is 0 Å². The molecule has 1 aliphatic rings. The molecule has 0 heterocycles. The summed E-state index contributed by atoms with van der Waals surface area (Å²) in [5.41, 5.74) is 2.30. The molecule has 94 valence electrons. The summed E-state index contributed by atoms with van der Waals surface area (Å²) in [6.45, 7) is 0. The van der Waals surface area contributed by atoms with Crippen molar-refractivity contribution >= 4 is 23.5 Å². The van der Waals surface area contributed by atoms with Gasteiger partial charge in [-0.1, -0.05) is 15.9 Å². The molecule has 0 bridgehead atoms. The van der Waals surface area contributed by atoms with Gasteiger partial charge in [0.1, 0.15) is 5.75 Å². The van der Waals surface area contributed by atoms with Crippen molar-refractivity contribution in [1.29, 1.82) is 0 Å². The highest BCUT2D eigenvalue weighted by Gasteiger charge is 2.19. The van der Waals surface area contributed by atoms with Crippen LogP contribution in [0.1, 0.15) is 24.0 Å². The summed E-state index contributed by atoms with van der Waals surface area (Å²) in [4.78, 5) is 17.7. The standard InChI is InChI=1S/C11H14BrO4P/c12-9-5-8-3-1-2-4-10(8)11(6-9)16-7-17(13,14)15/h5-6H,1-4,7H2,(H2,13,14,15). The molecule has 17 heavy (non-hydrogen) atoms. The van der Waals surface area contributed by atoms with Crippen molar-refractivity contribution < 1.29 is 19.1 Å². The molecule has 4 nitrogen and oxygen atoms in total. The van der Waals surface area contributed by atoms with Gasteiger partial charge in [0.05, 0.1) is 0 Å². The Morgan fingerprint density at radius 2 is 2.00 bits per heavy atom. The molecule has 1 aromatic rings. The largest absolute Gasteiger partial charge is 0.481 e. The number of rotatable bonds is 3. The first-order valence-electron chi connectivity index (χ1n) is 5.44. The summed E-state index contributed by atoms with van der Waals surface area (Å²) in [5.74, 6) is 0.595. The highest BCUT2D eigenvalue weighted by molar-refractivity contribution is 9.10. The van der Waals surface area contributed by atoms with Crippen molar-refractivity contribution in [2.24, 2.45) is 0 Å². The van der Waals surface area contributed by atoms with Crippen molar-refractivity contribution in [3.8, 4) is 5.75 Å². The third-order valence-electron chi connectivity index (χ3n) is 2.78. The normalized spacial score (nSPS) is 15.5. The lowest BCUT2D eigenvalue weighted by Gasteiger charge is -2.20. The third-order valence-corrected chi connectivity index (χ3v) is 3.70. The minimum absolute atomic E-state index is 0.560. The van der Waals surface area contributed by atoms with Gasteiger partial charge >= 0.3 is 7.60 Å². The first-order chi connectivity index (χ1) is 7.96. The molecular formula is C11H14BrO4P. The van der Waals surface area contributed by atoms with Crippen LogP contribution in [0.2, 0.25) is 0 Å². The highest BCUT2D eigenvalue weighted by Crippen LogP contribution is 2.38. The van der Waals surface area contributed by atoms with Crippen LogP contribution in [0.3, 0.4) is 0 Å². The topological polar surface area (TPSA) is 66.8 Å². The van der Waals surface area contributed by atoms with Crippen molar-refractivity contribution in [1.82, 2.24) is 0 Å². The summed E-state index contributed by atoms with van der Waals surface area (Å²) >= 11 is 3.39. The van der Waals surface area contributed by atoms with E-state index in [9.17, 15) is 4.57 Å². The second kappa shape index (κ2) is 5.11. The summed E-state index contributed by atoms with van der Waals surface area (Å²) in [7, 11) is -4.12. The average Bonchev–Trinajstić information content (AvgIpc) is 2.24. The fraction of sp³-hybridized carbons (Fsp3) is 0.455. The Morgan fingerprint density at radius 1 is 1.29 bits per heavy atom. The minimum atomic E-state index is -4.12. The molecule has 1 aliphatic carbocycles. The molecule has 2 N–H and O–H groups in total. The summed E-state index contributed by atoms with van der Waals surface area (Å²) in [6.07, 6.45) is 3.61. The van der Waals surface area contributed by atoms with Gasteiger partial charge < -0.3 is 14.5 Å². The predicted octanol–water partition coefficient (Wildman–Crippen LogP) is 2.84. The second-order valence-electron chi connectivity index (χ2n) is 4.19. The van der Waals surface area contributed by atoms with E-state index in [2.05, 4.69) is 22.0 Å². The third kappa shape index (κ3) is 3.55. The summed E-state index contributed by atoms with van der Waals surface area (Å²) in [6, 6.07) is 3.83. The monoisotopic (exact) mass is 320 g/mol. The Labute approximate surface area is 108 Å². The van der Waals surface area contributed by atoms with Gasteiger partial charge in [0, 0.05) is 4.47 Å². The molecule has 2 rings (SSSR count). The molecule has 0 atom stereocenters. The van der Waals surface area contributed by atoms with E-state index in [0.717, 1.165) is 35.7 Å². The van der Waals surface area contributed by atoms with Gasteiger partial charge in [-0.3, -0.25) is 4.57 Å². The van der Waals surface area contributed by atoms with E-state index in [0.29, 0.717) is 5.75 Å². The van der Waals surface area contributed by atoms with Gasteiger partial charge in [0.15, 0.2) is 6.35 Å². The van der Waals surface area contributed by atoms with Crippen molar-refractivity contribution in [3.05, 3.63) is 27.7 Å². The smallest absolute Gasteiger partial charge is 0.362 e. The Bertz CT molecular complexity index is 469. The number of ether oxygens (including phenoxy) is 1. The number of hydrogen-bond donors (Lipinski definition) is 2. The van der Waals surface area contributed by atoms with Gasteiger partial charge in [-0.15, -0.1) is 0 Å². The predicted molar refractivity (Wildman–Crippen MR) is 68.3 cm³/mol. The average molecular weight is 321 g/mol. The molecule has 6 heteroatoms. The Morgan fingerprint density at radius 3 is 2.71 bits per heavy atom. The zero-order chi connectivity index (χ0) is 12.5. The maximum absolute atomic E-state index is 10.8. The molecule has 0 unspecified atom stereocenters. The number of hydrogen-bond acceptors (Lipinski definition) is 2. The second-order valence-corrected chi connectivity index (χ2v) is 6.69. The maximum Gasteiger partial charge on any atom is 0.362 e. The van der Waals surface area contributed by atoms with Gasteiger partial charge in [-0.05, 0) is 48.9 Å². The van der Waals surface area contributed by atoms with Crippen LogP contribution in [0.25, 0.3) is 0 Å². The minimum Gasteiger partial charge on any atom is -0.481 e. The molecule has 0 aromatic heterocycles. The van der Waals surface area contributed by atoms with Crippen LogP contribution >= 0.6 is 23.5 Å². The van der Waals surface area contributed by atoms with E-state index in [1.807, 2.05) is 0 Å². The lowest BCUT2D eigenvalue weighted by Crippen LogP contribution is -2.07. The Hall–Kier alpha value is -0.350. The molecule has 0 spiro atoms. The van der Waals surface area contributed by atoms with Crippen LogP contribution in [-0.4, -0.2) is 16.1 Å². The fourth-order valence-corrected chi connectivity index (χ4v) is 2.86. The van der Waals surface area contributed by atoms with E-state index in [1.165, 1.54) is 5.56 Å². The lowest BCUT2D eigenvalue weighted by molar-refractivity contribution is 0.298. The number of benzene rings is 1. The first kappa shape index (κ1) is 13.1. The zero-order valence-corrected chi connectivity index (χ0v) is 11.7. The molecular weight excluding hydrogens is 307 g/mol. The van der Waals surface area contributed by atoms with Crippen LogP contribution in [0.4, 0.5) is 0 Å². The molecule has 0 saturated carbocycles. The van der Waals surface area contributed by atoms with Gasteiger partial charge in [0.2, 0.25) is 0 Å². The van der Waals surface area contributed by atoms with E-state index in [1.54, 1.807) is 6.07 Å². The molecule has 1 aromatic carbocycles. The number of halogens is 1. The molecule has 0 fully saturated rings. The van der Waals surface area contributed by atoms with Crippen molar-refractivity contribution in [2.45, 2.75) is 25.7 Å². The molecule has 0 saturated heterocycles. The van der Waals surface area contributed by atoms with E-state index < -0.39 is 13.9 Å². The molecule has 0 radical (unpaired) electrons. The van der Waals surface area contributed by atoms with Crippen LogP contribution in [0.15, 0.2) is 16.6 Å². The Kier molecular flexibility index (Phi) is 3.93. The zero-order valence-electron chi connectivity index (χ0n) is 9.23. The maximum atomic E-state index is 10.8. The first-order valence-corrected chi connectivity index (χ1v) is 8.03. The summed E-state index contributed by atoms with van der Waals surface area (Å²) < 4.78 is 17.0. The van der Waals surface area contributed by atoms with Crippen LogP contribution in [-0.2, 0) is 17.4 Å². The highest BCUT2D eigenvalue weighted by atomic mass is 79.9. The lowest BCUT2D eigenvalue weighted by atomic mass is 9.91. The number of fused-ring (bicyclic) bond motifs is 1. The van der Waals surface area contributed by atoms with Crippen molar-refractivity contribution in [2.75, 3.05) is 6.35 Å². The molecule has 0 amide bonds. The van der Waals surface area contributed by atoms with Crippen LogP contribution < -0.4 is 4.74 Å². The van der Waals surface area contributed by atoms with E-state index in [4.69, 9.17) is 14.5 Å². The number of aryl methyl sites for hydroxylation is 1.